The molecule has 0 saturated carbocycles. The number of furan rings is 1. The Morgan fingerprint density at radius 1 is 1.07 bits per heavy atom. The van der Waals surface area contributed by atoms with Gasteiger partial charge in [-0.3, -0.25) is 19.6 Å². The van der Waals surface area contributed by atoms with Crippen LogP contribution in [-0.2, 0) is 16.8 Å². The predicted molar refractivity (Wildman–Crippen MR) is 107 cm³/mol. The first-order valence-corrected chi connectivity index (χ1v) is 9.78. The molecule has 1 aromatic carbocycles. The highest BCUT2D eigenvalue weighted by atomic mass is 16.3. The first-order chi connectivity index (χ1) is 13.7. The second kappa shape index (κ2) is 6.60. The van der Waals surface area contributed by atoms with E-state index in [4.69, 9.17) is 4.42 Å². The zero-order valence-electron chi connectivity index (χ0n) is 16.0. The molecule has 0 bridgehead atoms. The largest absolute Gasteiger partial charge is 0.470 e. The van der Waals surface area contributed by atoms with Gasteiger partial charge in [0.25, 0.3) is 0 Å². The lowest BCUT2D eigenvalue weighted by Crippen LogP contribution is -2.47. The number of fused-ring (bicyclic) bond motifs is 2. The number of benzene rings is 1. The van der Waals surface area contributed by atoms with Crippen molar-refractivity contribution in [2.75, 3.05) is 18.0 Å². The van der Waals surface area contributed by atoms with E-state index >= 15 is 0 Å². The number of anilines is 2. The SMILES string of the molecule is Cc1cccc(CN2CCC3(CC2)C(=O)N(c2ccoc2)c2ccccc23)n1. The molecule has 28 heavy (non-hydrogen) atoms. The van der Waals surface area contributed by atoms with Crippen molar-refractivity contribution in [3.8, 4) is 0 Å². The van der Waals surface area contributed by atoms with Crippen molar-refractivity contribution >= 4 is 17.3 Å². The maximum absolute atomic E-state index is 13.6. The Kier molecular flexibility index (Phi) is 4.05. The molecule has 0 atom stereocenters. The molecule has 0 aliphatic carbocycles. The van der Waals surface area contributed by atoms with Crippen molar-refractivity contribution in [1.29, 1.82) is 0 Å². The third kappa shape index (κ3) is 2.66. The van der Waals surface area contributed by atoms with Crippen LogP contribution in [0.5, 0.6) is 0 Å². The summed E-state index contributed by atoms with van der Waals surface area (Å²) < 4.78 is 5.25. The normalized spacial score (nSPS) is 18.6. The van der Waals surface area contributed by atoms with Crippen LogP contribution in [0.1, 0.15) is 29.8 Å². The molecule has 1 spiro atoms. The van der Waals surface area contributed by atoms with Gasteiger partial charge in [-0.1, -0.05) is 24.3 Å². The van der Waals surface area contributed by atoms with Gasteiger partial charge in [0.1, 0.15) is 6.26 Å². The van der Waals surface area contributed by atoms with Crippen molar-refractivity contribution in [2.24, 2.45) is 0 Å². The number of amides is 1. The number of carbonyl (C=O) groups excluding carboxylic acids is 1. The minimum Gasteiger partial charge on any atom is -0.470 e. The summed E-state index contributed by atoms with van der Waals surface area (Å²) >= 11 is 0. The number of pyridine rings is 1. The third-order valence-electron chi connectivity index (χ3n) is 6.08. The Morgan fingerprint density at radius 2 is 1.89 bits per heavy atom. The number of para-hydroxylation sites is 1. The van der Waals surface area contributed by atoms with Crippen LogP contribution in [0.3, 0.4) is 0 Å². The number of aromatic nitrogens is 1. The zero-order valence-corrected chi connectivity index (χ0v) is 16.0. The monoisotopic (exact) mass is 373 g/mol. The summed E-state index contributed by atoms with van der Waals surface area (Å²) in [4.78, 5) is 22.5. The van der Waals surface area contributed by atoms with E-state index in [0.29, 0.717) is 0 Å². The molecule has 0 radical (unpaired) electrons. The molecule has 4 heterocycles. The number of carbonyl (C=O) groups is 1. The summed E-state index contributed by atoms with van der Waals surface area (Å²) in [6.45, 7) is 4.62. The van der Waals surface area contributed by atoms with Crippen LogP contribution in [0.4, 0.5) is 11.4 Å². The lowest BCUT2D eigenvalue weighted by atomic mass is 9.73. The van der Waals surface area contributed by atoms with Crippen LogP contribution in [-0.4, -0.2) is 28.9 Å². The number of hydrogen-bond donors (Lipinski definition) is 0. The molecular formula is C23H23N3O2. The van der Waals surface area contributed by atoms with Crippen molar-refractivity contribution < 1.29 is 9.21 Å². The van der Waals surface area contributed by atoms with Gasteiger partial charge in [0.05, 0.1) is 28.7 Å². The van der Waals surface area contributed by atoms with Crippen molar-refractivity contribution in [2.45, 2.75) is 31.7 Å². The molecule has 1 amide bonds. The Balaban J connectivity index is 1.41. The zero-order chi connectivity index (χ0) is 19.1. The molecule has 1 saturated heterocycles. The second-order valence-electron chi connectivity index (χ2n) is 7.77. The molecule has 5 nitrogen and oxygen atoms in total. The predicted octanol–water partition coefficient (Wildman–Crippen LogP) is 4.20. The molecule has 142 valence electrons. The fourth-order valence-electron chi connectivity index (χ4n) is 4.65. The van der Waals surface area contributed by atoms with E-state index < -0.39 is 5.41 Å². The minimum absolute atomic E-state index is 0.170. The molecule has 2 aromatic heterocycles. The van der Waals surface area contributed by atoms with E-state index in [2.05, 4.69) is 28.1 Å². The van der Waals surface area contributed by atoms with Crippen LogP contribution in [0.25, 0.3) is 0 Å². The van der Waals surface area contributed by atoms with E-state index in [9.17, 15) is 4.79 Å². The van der Waals surface area contributed by atoms with Crippen molar-refractivity contribution in [1.82, 2.24) is 9.88 Å². The second-order valence-corrected chi connectivity index (χ2v) is 7.77. The number of hydrogen-bond acceptors (Lipinski definition) is 4. The van der Waals surface area contributed by atoms with Gasteiger partial charge in [0, 0.05) is 18.3 Å². The number of rotatable bonds is 3. The van der Waals surface area contributed by atoms with E-state index in [1.807, 2.05) is 42.2 Å². The van der Waals surface area contributed by atoms with E-state index in [-0.39, 0.29) is 5.91 Å². The van der Waals surface area contributed by atoms with Crippen molar-refractivity contribution in [3.63, 3.8) is 0 Å². The maximum Gasteiger partial charge on any atom is 0.242 e. The fourth-order valence-corrected chi connectivity index (χ4v) is 4.65. The average molecular weight is 373 g/mol. The van der Waals surface area contributed by atoms with Gasteiger partial charge in [-0.05, 0) is 56.6 Å². The summed E-state index contributed by atoms with van der Waals surface area (Å²) in [5, 5.41) is 0. The van der Waals surface area contributed by atoms with Gasteiger partial charge in [-0.15, -0.1) is 0 Å². The lowest BCUT2D eigenvalue weighted by Gasteiger charge is -2.38. The van der Waals surface area contributed by atoms with Crippen LogP contribution >= 0.6 is 0 Å². The molecule has 5 heteroatoms. The molecule has 0 N–H and O–H groups in total. The van der Waals surface area contributed by atoms with Crippen molar-refractivity contribution in [3.05, 3.63) is 78.0 Å². The first kappa shape index (κ1) is 17.2. The van der Waals surface area contributed by atoms with E-state index in [1.165, 1.54) is 0 Å². The number of aryl methyl sites for hydroxylation is 1. The van der Waals surface area contributed by atoms with Gasteiger partial charge >= 0.3 is 0 Å². The topological polar surface area (TPSA) is 49.6 Å². The first-order valence-electron chi connectivity index (χ1n) is 9.78. The highest BCUT2D eigenvalue weighted by Crippen LogP contribution is 2.50. The highest BCUT2D eigenvalue weighted by Gasteiger charge is 2.52. The van der Waals surface area contributed by atoms with Crippen LogP contribution < -0.4 is 4.90 Å². The standard InChI is InChI=1S/C23H23N3O2/c1-17-5-4-6-18(24-17)15-25-12-10-23(11-13-25)20-7-2-3-8-21(20)26(22(23)27)19-9-14-28-16-19/h2-9,14,16H,10-13,15H2,1H3. The summed E-state index contributed by atoms with van der Waals surface area (Å²) in [5.74, 6) is 0.170. The van der Waals surface area contributed by atoms with Crippen LogP contribution in [0.2, 0.25) is 0 Å². The maximum atomic E-state index is 13.6. The average Bonchev–Trinajstić information content (AvgIpc) is 3.30. The molecular weight excluding hydrogens is 350 g/mol. The fraction of sp³-hybridized carbons (Fsp3) is 0.304. The molecule has 0 unspecified atom stereocenters. The quantitative estimate of drug-likeness (QED) is 0.691. The number of piperidine rings is 1. The molecule has 1 fully saturated rings. The molecule has 5 rings (SSSR count). The van der Waals surface area contributed by atoms with Crippen LogP contribution in [0.15, 0.2) is 65.5 Å². The third-order valence-corrected chi connectivity index (χ3v) is 6.08. The lowest BCUT2D eigenvalue weighted by molar-refractivity contribution is -0.124. The van der Waals surface area contributed by atoms with Gasteiger partial charge in [0.15, 0.2) is 0 Å². The molecule has 2 aliphatic rings. The van der Waals surface area contributed by atoms with E-state index in [1.54, 1.807) is 12.5 Å². The summed E-state index contributed by atoms with van der Waals surface area (Å²) in [7, 11) is 0. The van der Waals surface area contributed by atoms with E-state index in [0.717, 1.165) is 60.8 Å². The minimum atomic E-state index is -0.440. The smallest absolute Gasteiger partial charge is 0.242 e. The Bertz CT molecular complexity index is 1000. The van der Waals surface area contributed by atoms with Crippen LogP contribution in [0, 0.1) is 6.92 Å². The van der Waals surface area contributed by atoms with Gasteiger partial charge in [0.2, 0.25) is 5.91 Å². The highest BCUT2D eigenvalue weighted by molar-refractivity contribution is 6.12. The number of likely N-dealkylation sites (tertiary alicyclic amines) is 1. The molecule has 3 aromatic rings. The Hall–Kier alpha value is -2.92. The molecule has 2 aliphatic heterocycles. The Morgan fingerprint density at radius 3 is 2.64 bits per heavy atom. The summed E-state index contributed by atoms with van der Waals surface area (Å²) in [6.07, 6.45) is 4.91. The Labute approximate surface area is 164 Å². The van der Waals surface area contributed by atoms with Gasteiger partial charge in [-0.25, -0.2) is 0 Å². The summed E-state index contributed by atoms with van der Waals surface area (Å²) in [5.41, 5.74) is 4.64. The summed E-state index contributed by atoms with van der Waals surface area (Å²) in [6, 6.07) is 16.2. The van der Waals surface area contributed by atoms with Gasteiger partial charge in [-0.2, -0.15) is 0 Å². The number of nitrogens with zero attached hydrogens (tertiary/aromatic N) is 3. The van der Waals surface area contributed by atoms with Gasteiger partial charge < -0.3 is 4.42 Å².